The van der Waals surface area contributed by atoms with Gasteiger partial charge in [-0.05, 0) is 42.5 Å². The van der Waals surface area contributed by atoms with Crippen LogP contribution >= 0.6 is 15.9 Å². The van der Waals surface area contributed by atoms with Crippen molar-refractivity contribution in [3.8, 4) is 6.07 Å². The van der Waals surface area contributed by atoms with E-state index in [1.165, 1.54) is 6.07 Å². The van der Waals surface area contributed by atoms with Crippen molar-refractivity contribution in [2.24, 2.45) is 0 Å². The number of nitrogens with zero attached hydrogens (tertiary/aromatic N) is 1. The molecule has 2 aromatic rings. The molecule has 2 rings (SSSR count). The number of nitrogens with one attached hydrogen (secondary N) is 2. The van der Waals surface area contributed by atoms with Gasteiger partial charge in [-0.15, -0.1) is 0 Å². The molecule has 2 aromatic carbocycles. The molecule has 0 radical (unpaired) electrons. The molecule has 0 saturated heterocycles. The number of hydrogen-bond acceptors (Lipinski definition) is 3. The van der Waals surface area contributed by atoms with Crippen LogP contribution in [0.25, 0.3) is 0 Å². The lowest BCUT2D eigenvalue weighted by Gasteiger charge is -2.07. The van der Waals surface area contributed by atoms with Crippen LogP contribution in [0.1, 0.15) is 26.3 Å². The summed E-state index contributed by atoms with van der Waals surface area (Å²) < 4.78 is 0.858. The van der Waals surface area contributed by atoms with E-state index in [4.69, 9.17) is 5.26 Å². The first-order valence-corrected chi connectivity index (χ1v) is 6.76. The van der Waals surface area contributed by atoms with Crippen molar-refractivity contribution in [2.75, 3.05) is 0 Å². The maximum absolute atomic E-state index is 11.9. The molecule has 2 amide bonds. The van der Waals surface area contributed by atoms with E-state index in [0.29, 0.717) is 16.7 Å². The second-order valence-corrected chi connectivity index (χ2v) is 5.02. The quantitative estimate of drug-likeness (QED) is 0.821. The second-order valence-electron chi connectivity index (χ2n) is 4.11. The molecule has 0 unspecified atom stereocenters. The van der Waals surface area contributed by atoms with E-state index >= 15 is 0 Å². The Morgan fingerprint density at radius 1 is 0.952 bits per heavy atom. The molecule has 0 aromatic heterocycles. The normalized spacial score (nSPS) is 9.52. The number of carbonyl (C=O) groups excluding carboxylic acids is 2. The molecule has 6 heteroatoms. The van der Waals surface area contributed by atoms with Crippen LogP contribution in [-0.4, -0.2) is 11.8 Å². The molecule has 0 aliphatic carbocycles. The first kappa shape index (κ1) is 14.8. The van der Waals surface area contributed by atoms with Gasteiger partial charge in [0.2, 0.25) is 0 Å². The summed E-state index contributed by atoms with van der Waals surface area (Å²) in [5, 5.41) is 8.78. The first-order valence-electron chi connectivity index (χ1n) is 5.96. The van der Waals surface area contributed by atoms with Crippen LogP contribution in [0, 0.1) is 11.3 Å². The lowest BCUT2D eigenvalue weighted by atomic mass is 10.1. The number of rotatable bonds is 2. The van der Waals surface area contributed by atoms with Crippen LogP contribution in [0.3, 0.4) is 0 Å². The molecule has 21 heavy (non-hydrogen) atoms. The summed E-state index contributed by atoms with van der Waals surface area (Å²) in [5.74, 6) is -0.912. The number of benzene rings is 2. The largest absolute Gasteiger partial charge is 0.269 e. The third-order valence-corrected chi connectivity index (χ3v) is 3.18. The minimum absolute atomic E-state index is 0.296. The Hall–Kier alpha value is -2.65. The van der Waals surface area contributed by atoms with E-state index in [1.807, 2.05) is 6.07 Å². The van der Waals surface area contributed by atoms with Crippen molar-refractivity contribution >= 4 is 27.7 Å². The highest BCUT2D eigenvalue weighted by Gasteiger charge is 2.09. The van der Waals surface area contributed by atoms with Gasteiger partial charge in [0.1, 0.15) is 0 Å². The molecule has 0 bridgehead atoms. The molecule has 0 aliphatic rings. The number of halogens is 1. The van der Waals surface area contributed by atoms with Gasteiger partial charge >= 0.3 is 0 Å². The Balaban J connectivity index is 1.99. The monoisotopic (exact) mass is 343 g/mol. The molecule has 104 valence electrons. The summed E-state index contributed by atoms with van der Waals surface area (Å²) in [4.78, 5) is 23.7. The van der Waals surface area contributed by atoms with Crippen LogP contribution < -0.4 is 10.9 Å². The van der Waals surface area contributed by atoms with E-state index in [9.17, 15) is 9.59 Å². The number of hydrazine groups is 1. The lowest BCUT2D eigenvalue weighted by Crippen LogP contribution is -2.41. The molecule has 0 spiro atoms. The van der Waals surface area contributed by atoms with Crippen molar-refractivity contribution in [1.82, 2.24) is 10.9 Å². The summed E-state index contributed by atoms with van der Waals surface area (Å²) in [5.41, 5.74) is 5.71. The van der Waals surface area contributed by atoms with Gasteiger partial charge in [-0.1, -0.05) is 22.0 Å². The topological polar surface area (TPSA) is 82.0 Å². The van der Waals surface area contributed by atoms with Gasteiger partial charge in [0.15, 0.2) is 0 Å². The van der Waals surface area contributed by atoms with Gasteiger partial charge in [0, 0.05) is 15.6 Å². The summed E-state index contributed by atoms with van der Waals surface area (Å²) in [7, 11) is 0. The summed E-state index contributed by atoms with van der Waals surface area (Å²) in [6, 6.07) is 14.9. The van der Waals surface area contributed by atoms with Crippen LogP contribution in [0.2, 0.25) is 0 Å². The standard InChI is InChI=1S/C15H10BrN3O2/c16-13-6-4-11(5-7-13)14(20)18-19-15(21)12-3-1-2-10(8-12)9-17/h1-8H,(H,18,20)(H,19,21). The minimum atomic E-state index is -0.488. The van der Waals surface area contributed by atoms with Gasteiger partial charge in [-0.2, -0.15) is 5.26 Å². The highest BCUT2D eigenvalue weighted by atomic mass is 79.9. The summed E-state index contributed by atoms with van der Waals surface area (Å²) in [6.07, 6.45) is 0. The first-order chi connectivity index (χ1) is 10.1. The van der Waals surface area contributed by atoms with Crippen molar-refractivity contribution in [2.45, 2.75) is 0 Å². The molecule has 0 atom stereocenters. The zero-order valence-electron chi connectivity index (χ0n) is 10.8. The Kier molecular flexibility index (Phi) is 4.69. The van der Waals surface area contributed by atoms with Gasteiger partial charge in [-0.3, -0.25) is 20.4 Å². The van der Waals surface area contributed by atoms with Crippen LogP contribution in [0.5, 0.6) is 0 Å². The lowest BCUT2D eigenvalue weighted by molar-refractivity contribution is 0.0846. The fraction of sp³-hybridized carbons (Fsp3) is 0. The molecule has 2 N–H and O–H groups in total. The third-order valence-electron chi connectivity index (χ3n) is 2.65. The number of hydrogen-bond donors (Lipinski definition) is 2. The predicted octanol–water partition coefficient (Wildman–Crippen LogP) is 2.40. The van der Waals surface area contributed by atoms with E-state index in [1.54, 1.807) is 42.5 Å². The van der Waals surface area contributed by atoms with E-state index in [2.05, 4.69) is 26.8 Å². The SMILES string of the molecule is N#Cc1cccc(C(=O)NNC(=O)c2ccc(Br)cc2)c1. The van der Waals surface area contributed by atoms with E-state index in [0.717, 1.165) is 4.47 Å². The van der Waals surface area contributed by atoms with Gasteiger partial charge in [0.05, 0.1) is 11.6 Å². The number of nitriles is 1. The summed E-state index contributed by atoms with van der Waals surface area (Å²) in [6.45, 7) is 0. The number of amides is 2. The Bertz CT molecular complexity index is 720. The van der Waals surface area contributed by atoms with Gasteiger partial charge in [0.25, 0.3) is 11.8 Å². The Morgan fingerprint density at radius 3 is 2.19 bits per heavy atom. The zero-order valence-corrected chi connectivity index (χ0v) is 12.3. The fourth-order valence-corrected chi connectivity index (χ4v) is 1.85. The average molecular weight is 344 g/mol. The molecule has 0 aliphatic heterocycles. The second kappa shape index (κ2) is 6.68. The van der Waals surface area contributed by atoms with Crippen molar-refractivity contribution < 1.29 is 9.59 Å². The van der Waals surface area contributed by atoms with Crippen molar-refractivity contribution in [3.63, 3.8) is 0 Å². The van der Waals surface area contributed by atoms with Gasteiger partial charge < -0.3 is 0 Å². The third kappa shape index (κ3) is 3.91. The molecule has 0 heterocycles. The fourth-order valence-electron chi connectivity index (χ4n) is 1.59. The highest BCUT2D eigenvalue weighted by molar-refractivity contribution is 9.10. The molecule has 0 saturated carbocycles. The smallest absolute Gasteiger partial charge is 0.267 e. The molecular formula is C15H10BrN3O2. The average Bonchev–Trinajstić information content (AvgIpc) is 2.53. The number of carbonyl (C=O) groups is 2. The molecule has 5 nitrogen and oxygen atoms in total. The summed E-state index contributed by atoms with van der Waals surface area (Å²) >= 11 is 3.27. The Morgan fingerprint density at radius 2 is 1.57 bits per heavy atom. The van der Waals surface area contributed by atoms with E-state index < -0.39 is 11.8 Å². The maximum atomic E-state index is 11.9. The Labute approximate surface area is 129 Å². The molecule has 0 fully saturated rings. The van der Waals surface area contributed by atoms with E-state index in [-0.39, 0.29) is 0 Å². The van der Waals surface area contributed by atoms with Gasteiger partial charge in [-0.25, -0.2) is 0 Å². The van der Waals surface area contributed by atoms with Crippen LogP contribution in [-0.2, 0) is 0 Å². The maximum Gasteiger partial charge on any atom is 0.269 e. The van der Waals surface area contributed by atoms with Crippen LogP contribution in [0.15, 0.2) is 53.0 Å². The predicted molar refractivity (Wildman–Crippen MR) is 80.2 cm³/mol. The van der Waals surface area contributed by atoms with Crippen LogP contribution in [0.4, 0.5) is 0 Å². The highest BCUT2D eigenvalue weighted by Crippen LogP contribution is 2.10. The van der Waals surface area contributed by atoms with Crippen molar-refractivity contribution in [1.29, 1.82) is 5.26 Å². The molecular weight excluding hydrogens is 334 g/mol. The van der Waals surface area contributed by atoms with Crippen molar-refractivity contribution in [3.05, 3.63) is 69.7 Å². The zero-order chi connectivity index (χ0) is 15.2. The minimum Gasteiger partial charge on any atom is -0.267 e.